The molecular weight excluding hydrogens is 286 g/mol. The van der Waals surface area contributed by atoms with Crippen molar-refractivity contribution in [3.8, 4) is 0 Å². The van der Waals surface area contributed by atoms with Crippen molar-refractivity contribution in [1.29, 1.82) is 0 Å². The standard InChI is InChI=1S/C15H21N3O4/c1-18-8-12(7-13(18)9-19)17-15(21)16-11-5-3-10(4-6-11)14(20)22-2/h3-6,12-13,19H,7-9H2,1-2H3,(H2,16,17,21)/t12-,13+/m1/s1. The van der Waals surface area contributed by atoms with Crippen LogP contribution in [-0.4, -0.2) is 61.4 Å². The molecule has 22 heavy (non-hydrogen) atoms. The number of benzene rings is 1. The smallest absolute Gasteiger partial charge is 0.337 e. The quantitative estimate of drug-likeness (QED) is 0.711. The number of aliphatic hydroxyl groups is 1. The Balaban J connectivity index is 1.86. The molecule has 0 aliphatic carbocycles. The third-order valence-electron chi connectivity index (χ3n) is 3.80. The number of likely N-dealkylation sites (tertiary alicyclic amines) is 1. The second-order valence-corrected chi connectivity index (χ2v) is 5.38. The van der Waals surface area contributed by atoms with Gasteiger partial charge in [0, 0.05) is 24.3 Å². The van der Waals surface area contributed by atoms with Gasteiger partial charge >= 0.3 is 12.0 Å². The molecule has 0 bridgehead atoms. The number of anilines is 1. The van der Waals surface area contributed by atoms with Crippen LogP contribution in [0, 0.1) is 0 Å². The predicted octanol–water partition coefficient (Wildman–Crippen LogP) is 0.660. The summed E-state index contributed by atoms with van der Waals surface area (Å²) in [6, 6.07) is 6.26. The molecule has 1 aliphatic heterocycles. The Hall–Kier alpha value is -2.12. The van der Waals surface area contributed by atoms with Crippen LogP contribution in [0.15, 0.2) is 24.3 Å². The molecule has 1 fully saturated rings. The maximum absolute atomic E-state index is 12.0. The lowest BCUT2D eigenvalue weighted by atomic mass is 10.2. The lowest BCUT2D eigenvalue weighted by Gasteiger charge is -2.15. The first-order valence-corrected chi connectivity index (χ1v) is 7.10. The summed E-state index contributed by atoms with van der Waals surface area (Å²) in [6.45, 7) is 0.797. The van der Waals surface area contributed by atoms with Gasteiger partial charge in [-0.25, -0.2) is 9.59 Å². The van der Waals surface area contributed by atoms with Crippen molar-refractivity contribution in [2.24, 2.45) is 0 Å². The van der Waals surface area contributed by atoms with Gasteiger partial charge in [0.25, 0.3) is 0 Å². The van der Waals surface area contributed by atoms with Crippen molar-refractivity contribution >= 4 is 17.7 Å². The van der Waals surface area contributed by atoms with Crippen molar-refractivity contribution in [2.75, 3.05) is 32.6 Å². The van der Waals surface area contributed by atoms with E-state index in [4.69, 9.17) is 0 Å². The van der Waals surface area contributed by atoms with Gasteiger partial charge in [-0.3, -0.25) is 4.90 Å². The summed E-state index contributed by atoms with van der Waals surface area (Å²) in [7, 11) is 3.24. The molecule has 1 saturated heterocycles. The summed E-state index contributed by atoms with van der Waals surface area (Å²) in [6.07, 6.45) is 0.724. The van der Waals surface area contributed by atoms with E-state index in [1.807, 2.05) is 11.9 Å². The second kappa shape index (κ2) is 7.24. The van der Waals surface area contributed by atoms with Crippen LogP contribution in [0.5, 0.6) is 0 Å². The number of nitrogens with one attached hydrogen (secondary N) is 2. The van der Waals surface area contributed by atoms with E-state index in [2.05, 4.69) is 15.4 Å². The summed E-state index contributed by atoms with van der Waals surface area (Å²) < 4.78 is 4.61. The average molecular weight is 307 g/mol. The fourth-order valence-electron chi connectivity index (χ4n) is 2.56. The van der Waals surface area contributed by atoms with E-state index >= 15 is 0 Å². The molecule has 7 heteroatoms. The number of urea groups is 1. The number of hydrogen-bond acceptors (Lipinski definition) is 5. The lowest BCUT2D eigenvalue weighted by molar-refractivity contribution is 0.0600. The molecule has 3 N–H and O–H groups in total. The van der Waals surface area contributed by atoms with E-state index in [1.54, 1.807) is 24.3 Å². The molecule has 2 atom stereocenters. The average Bonchev–Trinajstić information content (AvgIpc) is 2.86. The topological polar surface area (TPSA) is 90.9 Å². The highest BCUT2D eigenvalue weighted by Gasteiger charge is 2.29. The van der Waals surface area contributed by atoms with Gasteiger partial charge in [-0.1, -0.05) is 0 Å². The van der Waals surface area contributed by atoms with Crippen LogP contribution in [0.1, 0.15) is 16.8 Å². The Labute approximate surface area is 129 Å². The summed E-state index contributed by atoms with van der Waals surface area (Å²) in [5, 5.41) is 14.8. The van der Waals surface area contributed by atoms with Gasteiger partial charge in [-0.15, -0.1) is 0 Å². The number of methoxy groups -OCH3 is 1. The minimum absolute atomic E-state index is 0.0106. The number of esters is 1. The van der Waals surface area contributed by atoms with E-state index in [9.17, 15) is 14.7 Å². The third kappa shape index (κ3) is 3.96. The van der Waals surface area contributed by atoms with E-state index in [-0.39, 0.29) is 24.7 Å². The van der Waals surface area contributed by atoms with Crippen LogP contribution in [0.3, 0.4) is 0 Å². The molecule has 1 aromatic carbocycles. The second-order valence-electron chi connectivity index (χ2n) is 5.38. The SMILES string of the molecule is COC(=O)c1ccc(NC(=O)N[C@@H]2C[C@@H](CO)N(C)C2)cc1. The number of ether oxygens (including phenoxy) is 1. The van der Waals surface area contributed by atoms with Gasteiger partial charge in [0.05, 0.1) is 19.3 Å². The summed E-state index contributed by atoms with van der Waals surface area (Å²) in [5.74, 6) is -0.417. The number of amides is 2. The molecule has 1 aliphatic rings. The van der Waals surface area contributed by atoms with Gasteiger partial charge in [0.15, 0.2) is 0 Å². The van der Waals surface area contributed by atoms with Crippen molar-refractivity contribution in [1.82, 2.24) is 10.2 Å². The first kappa shape index (κ1) is 16.3. The summed E-state index contributed by atoms with van der Waals surface area (Å²) in [5.41, 5.74) is 1.02. The number of nitrogens with zero attached hydrogens (tertiary/aromatic N) is 1. The van der Waals surface area contributed by atoms with Crippen molar-refractivity contribution in [3.05, 3.63) is 29.8 Å². The maximum Gasteiger partial charge on any atom is 0.337 e. The van der Waals surface area contributed by atoms with Crippen LogP contribution < -0.4 is 10.6 Å². The molecule has 0 unspecified atom stereocenters. The Kier molecular flexibility index (Phi) is 5.35. The zero-order valence-electron chi connectivity index (χ0n) is 12.7. The number of carbonyl (C=O) groups is 2. The molecule has 2 amide bonds. The van der Waals surface area contributed by atoms with Crippen LogP contribution in [0.2, 0.25) is 0 Å². The van der Waals surface area contributed by atoms with Gasteiger partial charge in [-0.2, -0.15) is 0 Å². The Morgan fingerprint density at radius 1 is 1.36 bits per heavy atom. The van der Waals surface area contributed by atoms with Crippen LogP contribution in [-0.2, 0) is 4.74 Å². The van der Waals surface area contributed by atoms with E-state index in [0.29, 0.717) is 17.8 Å². The molecule has 0 saturated carbocycles. The molecule has 7 nitrogen and oxygen atoms in total. The molecule has 120 valence electrons. The van der Waals surface area contributed by atoms with Crippen molar-refractivity contribution in [3.63, 3.8) is 0 Å². The number of rotatable bonds is 4. The molecule has 0 aromatic heterocycles. The summed E-state index contributed by atoms with van der Waals surface area (Å²) in [4.78, 5) is 25.3. The van der Waals surface area contributed by atoms with Gasteiger partial charge in [0.1, 0.15) is 0 Å². The Morgan fingerprint density at radius 3 is 2.59 bits per heavy atom. The first-order valence-electron chi connectivity index (χ1n) is 7.10. The lowest BCUT2D eigenvalue weighted by Crippen LogP contribution is -2.39. The highest BCUT2D eigenvalue weighted by atomic mass is 16.5. The molecule has 1 heterocycles. The first-order chi connectivity index (χ1) is 10.5. The Bertz CT molecular complexity index is 532. The molecule has 0 spiro atoms. The number of likely N-dealkylation sites (N-methyl/N-ethyl adjacent to an activating group) is 1. The van der Waals surface area contributed by atoms with E-state index in [0.717, 1.165) is 6.42 Å². The zero-order chi connectivity index (χ0) is 16.1. The number of hydrogen-bond donors (Lipinski definition) is 3. The minimum atomic E-state index is -0.417. The molecule has 1 aromatic rings. The molecule has 2 rings (SSSR count). The Morgan fingerprint density at radius 2 is 2.05 bits per heavy atom. The van der Waals surface area contributed by atoms with Crippen molar-refractivity contribution < 1.29 is 19.4 Å². The fraction of sp³-hybridized carbons (Fsp3) is 0.467. The molecular formula is C15H21N3O4. The predicted molar refractivity (Wildman–Crippen MR) is 81.8 cm³/mol. The minimum Gasteiger partial charge on any atom is -0.465 e. The molecule has 0 radical (unpaired) electrons. The maximum atomic E-state index is 12.0. The summed E-state index contributed by atoms with van der Waals surface area (Å²) >= 11 is 0. The highest BCUT2D eigenvalue weighted by molar-refractivity contribution is 5.92. The van der Waals surface area contributed by atoms with Crippen LogP contribution in [0.25, 0.3) is 0 Å². The van der Waals surface area contributed by atoms with Crippen LogP contribution in [0.4, 0.5) is 10.5 Å². The number of aliphatic hydroxyl groups excluding tert-OH is 1. The largest absolute Gasteiger partial charge is 0.465 e. The van der Waals surface area contributed by atoms with E-state index < -0.39 is 5.97 Å². The van der Waals surface area contributed by atoms with Crippen LogP contribution >= 0.6 is 0 Å². The monoisotopic (exact) mass is 307 g/mol. The van der Waals surface area contributed by atoms with Gasteiger partial charge in [-0.05, 0) is 37.7 Å². The normalized spacial score (nSPS) is 21.4. The highest BCUT2D eigenvalue weighted by Crippen LogP contribution is 2.15. The van der Waals surface area contributed by atoms with Crippen molar-refractivity contribution in [2.45, 2.75) is 18.5 Å². The zero-order valence-corrected chi connectivity index (χ0v) is 12.7. The van der Waals surface area contributed by atoms with Gasteiger partial charge < -0.3 is 20.5 Å². The van der Waals surface area contributed by atoms with Gasteiger partial charge in [0.2, 0.25) is 0 Å². The fourth-order valence-corrected chi connectivity index (χ4v) is 2.56. The number of carbonyl (C=O) groups excluding carboxylic acids is 2. The third-order valence-corrected chi connectivity index (χ3v) is 3.80. The van der Waals surface area contributed by atoms with E-state index in [1.165, 1.54) is 7.11 Å².